The number of rotatable bonds is 14. The number of guanidine groups is 1. The largest absolute Gasteiger partial charge is 0.346 e. The molecule has 12 nitrogen and oxygen atoms in total. The van der Waals surface area contributed by atoms with E-state index in [2.05, 4.69) is 18.6 Å². The molecule has 1 N–H and O–H groups in total. The van der Waals surface area contributed by atoms with Gasteiger partial charge in [-0.05, 0) is 78.4 Å². The number of amides is 3. The molecule has 1 aliphatic rings. The fourth-order valence-electron chi connectivity index (χ4n) is 7.04. The Labute approximate surface area is 345 Å². The highest BCUT2D eigenvalue weighted by atomic mass is 35.5. The summed E-state index contributed by atoms with van der Waals surface area (Å²) in [7, 11) is -2.44. The average Bonchev–Trinajstić information content (AvgIpc) is 3.38. The third kappa shape index (κ3) is 8.95. The van der Waals surface area contributed by atoms with Crippen molar-refractivity contribution in [3.8, 4) is 5.69 Å². The highest BCUT2D eigenvalue weighted by Crippen LogP contribution is 2.30. The van der Waals surface area contributed by atoms with Crippen molar-refractivity contribution in [1.29, 1.82) is 0 Å². The van der Waals surface area contributed by atoms with Crippen LogP contribution in [0.1, 0.15) is 101 Å². The van der Waals surface area contributed by atoms with Gasteiger partial charge in [-0.2, -0.15) is 5.10 Å². The van der Waals surface area contributed by atoms with Crippen LogP contribution in [-0.2, 0) is 23.1 Å². The molecule has 58 heavy (non-hydrogen) atoms. The van der Waals surface area contributed by atoms with Gasteiger partial charge in [-0.3, -0.25) is 19.3 Å². The molecule has 1 aromatic heterocycles. The molecule has 0 radical (unpaired) electrons. The van der Waals surface area contributed by atoms with Crippen molar-refractivity contribution >= 4 is 56.1 Å². The molecule has 6 rings (SSSR count). The standard InChI is InChI=1S/C44H50ClN7O5S/c1-6-9-24-50(25-10-7-2)43(55)40-39(45)30(4)52(47-40)38-22-20-33(41(53)48-58(56,57)36-21-19-31-15-11-12-16-32(31)26-36)27-37(38)42(54)51-29-35-18-14-13-17-34(35)28-46-44(51)49(5)23-8-3/h11-22,26-27H,6-10,23-25,28-29H2,1-5H3,(H,48,53). The van der Waals surface area contributed by atoms with Crippen molar-refractivity contribution in [1.82, 2.24) is 29.2 Å². The third-order valence-electron chi connectivity index (χ3n) is 10.3. The van der Waals surface area contributed by atoms with Gasteiger partial charge in [-0.25, -0.2) is 22.8 Å². The maximum absolute atomic E-state index is 15.2. The Kier molecular flexibility index (Phi) is 13.3. The number of sulfonamides is 1. The van der Waals surface area contributed by atoms with E-state index in [-0.39, 0.29) is 44.9 Å². The lowest BCUT2D eigenvalue weighted by atomic mass is 10.0. The van der Waals surface area contributed by atoms with E-state index in [1.54, 1.807) is 34.9 Å². The van der Waals surface area contributed by atoms with Gasteiger partial charge in [-0.1, -0.05) is 99.8 Å². The van der Waals surface area contributed by atoms with Crippen molar-refractivity contribution < 1.29 is 22.8 Å². The SMILES string of the molecule is CCCCN(CCCC)C(=O)c1nn(-c2ccc(C(=O)NS(=O)(=O)c3ccc4ccccc4c3)cc2C(=O)N2Cc3ccccc3CN=C2N(C)CCC)c(C)c1Cl. The molecule has 1 aliphatic heterocycles. The minimum Gasteiger partial charge on any atom is -0.346 e. The van der Waals surface area contributed by atoms with Gasteiger partial charge in [0.2, 0.25) is 5.96 Å². The van der Waals surface area contributed by atoms with Crippen LogP contribution in [0.4, 0.5) is 0 Å². The zero-order valence-electron chi connectivity index (χ0n) is 33.7. The zero-order chi connectivity index (χ0) is 41.6. The van der Waals surface area contributed by atoms with Crippen LogP contribution in [0, 0.1) is 6.92 Å². The highest BCUT2D eigenvalue weighted by Gasteiger charge is 2.32. The van der Waals surface area contributed by atoms with Gasteiger partial charge >= 0.3 is 0 Å². The van der Waals surface area contributed by atoms with Gasteiger partial charge in [0.05, 0.1) is 40.0 Å². The van der Waals surface area contributed by atoms with Crippen LogP contribution in [-0.4, -0.2) is 83.3 Å². The number of carbonyl (C=O) groups excluding carboxylic acids is 3. The maximum Gasteiger partial charge on any atom is 0.275 e. The quantitative estimate of drug-likeness (QED) is 0.120. The van der Waals surface area contributed by atoms with Gasteiger partial charge in [0, 0.05) is 32.2 Å². The summed E-state index contributed by atoms with van der Waals surface area (Å²) in [5.74, 6) is -1.31. The number of hydrogen-bond acceptors (Lipinski definition) is 8. The van der Waals surface area contributed by atoms with Crippen molar-refractivity contribution in [2.75, 3.05) is 26.7 Å². The molecular weight excluding hydrogens is 774 g/mol. The Bertz CT molecular complexity index is 2470. The fraction of sp³-hybridized carbons (Fsp3) is 0.341. The van der Waals surface area contributed by atoms with E-state index in [4.69, 9.17) is 21.7 Å². The molecule has 2 heterocycles. The molecule has 0 spiro atoms. The first-order valence-electron chi connectivity index (χ1n) is 19.8. The van der Waals surface area contributed by atoms with E-state index in [1.807, 2.05) is 55.3 Å². The van der Waals surface area contributed by atoms with E-state index >= 15 is 4.79 Å². The topological polar surface area (TPSA) is 137 Å². The molecular formula is C44H50ClN7O5S. The number of nitrogens with zero attached hydrogens (tertiary/aromatic N) is 6. The summed E-state index contributed by atoms with van der Waals surface area (Å²) in [5.41, 5.74) is 2.55. The lowest BCUT2D eigenvalue weighted by Gasteiger charge is -2.30. The second-order valence-corrected chi connectivity index (χ2v) is 16.6. The number of halogens is 1. The van der Waals surface area contributed by atoms with Crippen LogP contribution in [0.25, 0.3) is 16.5 Å². The molecule has 3 amide bonds. The molecule has 0 aliphatic carbocycles. The number of nitrogens with one attached hydrogen (secondary N) is 1. The second kappa shape index (κ2) is 18.4. The van der Waals surface area contributed by atoms with E-state index in [9.17, 15) is 18.0 Å². The van der Waals surface area contributed by atoms with Gasteiger partial charge in [-0.15, -0.1) is 0 Å². The molecule has 0 atom stereocenters. The molecule has 304 valence electrons. The lowest BCUT2D eigenvalue weighted by Crippen LogP contribution is -2.45. The average molecular weight is 824 g/mol. The number of carbonyl (C=O) groups is 3. The Morgan fingerprint density at radius 2 is 1.50 bits per heavy atom. The summed E-state index contributed by atoms with van der Waals surface area (Å²) in [6.45, 7) is 10.1. The smallest absolute Gasteiger partial charge is 0.275 e. The van der Waals surface area contributed by atoms with Crippen LogP contribution < -0.4 is 4.72 Å². The first kappa shape index (κ1) is 42.1. The predicted octanol–water partition coefficient (Wildman–Crippen LogP) is 8.00. The first-order valence-corrected chi connectivity index (χ1v) is 21.6. The molecule has 0 fully saturated rings. The molecule has 0 bridgehead atoms. The van der Waals surface area contributed by atoms with Crippen LogP contribution in [0.15, 0.2) is 94.8 Å². The van der Waals surface area contributed by atoms with Crippen LogP contribution in [0.2, 0.25) is 5.02 Å². The third-order valence-corrected chi connectivity index (χ3v) is 12.1. The van der Waals surface area contributed by atoms with Crippen LogP contribution in [0.5, 0.6) is 0 Å². The Morgan fingerprint density at radius 3 is 2.19 bits per heavy atom. The van der Waals surface area contributed by atoms with Crippen molar-refractivity contribution in [3.05, 3.63) is 124 Å². The van der Waals surface area contributed by atoms with Crippen molar-refractivity contribution in [3.63, 3.8) is 0 Å². The van der Waals surface area contributed by atoms with Crippen LogP contribution >= 0.6 is 11.6 Å². The van der Waals surface area contributed by atoms with Crippen LogP contribution in [0.3, 0.4) is 0 Å². The minimum absolute atomic E-state index is 0.0304. The van der Waals surface area contributed by atoms with Crippen molar-refractivity contribution in [2.24, 2.45) is 4.99 Å². The van der Waals surface area contributed by atoms with Crippen molar-refractivity contribution in [2.45, 2.75) is 77.8 Å². The summed E-state index contributed by atoms with van der Waals surface area (Å²) in [6.07, 6.45) is 4.26. The maximum atomic E-state index is 15.2. The second-order valence-electron chi connectivity index (χ2n) is 14.5. The Morgan fingerprint density at radius 1 is 0.828 bits per heavy atom. The molecule has 4 aromatic carbocycles. The molecule has 0 unspecified atom stereocenters. The summed E-state index contributed by atoms with van der Waals surface area (Å²) in [5, 5.41) is 6.43. The summed E-state index contributed by atoms with van der Waals surface area (Å²) < 4.78 is 30.8. The summed E-state index contributed by atoms with van der Waals surface area (Å²) in [4.78, 5) is 53.1. The minimum atomic E-state index is -4.32. The van der Waals surface area contributed by atoms with E-state index < -0.39 is 21.8 Å². The summed E-state index contributed by atoms with van der Waals surface area (Å²) >= 11 is 6.89. The lowest BCUT2D eigenvalue weighted by molar-refractivity contribution is 0.0744. The van der Waals surface area contributed by atoms with Gasteiger partial charge in [0.25, 0.3) is 27.7 Å². The predicted molar refractivity (Wildman–Crippen MR) is 228 cm³/mol. The highest BCUT2D eigenvalue weighted by molar-refractivity contribution is 7.90. The number of fused-ring (bicyclic) bond motifs is 2. The molecule has 0 saturated carbocycles. The number of unbranched alkanes of at least 4 members (excludes halogenated alkanes) is 2. The Hall–Kier alpha value is -5.53. The molecule has 14 heteroatoms. The number of aliphatic imine (C=N–C) groups is 1. The van der Waals surface area contributed by atoms with E-state index in [0.717, 1.165) is 48.6 Å². The molecule has 5 aromatic rings. The Balaban J connectivity index is 1.46. The summed E-state index contributed by atoms with van der Waals surface area (Å²) in [6, 6.07) is 24.0. The monoisotopic (exact) mass is 823 g/mol. The fourth-order valence-corrected chi connectivity index (χ4v) is 8.25. The number of benzene rings is 4. The number of aromatic nitrogens is 2. The number of hydrogen-bond donors (Lipinski definition) is 1. The zero-order valence-corrected chi connectivity index (χ0v) is 35.2. The first-order chi connectivity index (χ1) is 27.9. The van der Waals surface area contributed by atoms with E-state index in [1.165, 1.54) is 35.0 Å². The van der Waals surface area contributed by atoms with Gasteiger partial charge in [0.15, 0.2) is 5.69 Å². The normalized spacial score (nSPS) is 12.8. The molecule has 0 saturated heterocycles. The van der Waals surface area contributed by atoms with Gasteiger partial charge in [0.1, 0.15) is 0 Å². The van der Waals surface area contributed by atoms with E-state index in [0.29, 0.717) is 43.2 Å². The van der Waals surface area contributed by atoms with Gasteiger partial charge < -0.3 is 9.80 Å².